The summed E-state index contributed by atoms with van der Waals surface area (Å²) in [4.78, 5) is 0. The molecule has 110 valence electrons. The van der Waals surface area contributed by atoms with E-state index in [-0.39, 0.29) is 0 Å². The average molecular weight is 279 g/mol. The van der Waals surface area contributed by atoms with E-state index in [0.717, 1.165) is 12.8 Å². The van der Waals surface area contributed by atoms with Crippen LogP contribution in [-0.4, -0.2) is 0 Å². The molecule has 0 nitrogen and oxygen atoms in total. The molecular formula is C21H27+. The van der Waals surface area contributed by atoms with Gasteiger partial charge in [0.05, 0.1) is 0 Å². The van der Waals surface area contributed by atoms with E-state index in [1.807, 2.05) is 18.2 Å². The maximum Gasteiger partial charge on any atom is 0.201 e. The molecule has 2 rings (SSSR count). The molecule has 0 fully saturated rings. The molecule has 0 heterocycles. The van der Waals surface area contributed by atoms with E-state index < -0.39 is 0 Å². The molecule has 0 aromatic heterocycles. The summed E-state index contributed by atoms with van der Waals surface area (Å²) >= 11 is 0. The molecular weight excluding hydrogens is 252 g/mol. The minimum atomic E-state index is 0.962. The molecule has 2 aromatic carbocycles. The van der Waals surface area contributed by atoms with Crippen molar-refractivity contribution in [1.29, 1.82) is 0 Å². The Morgan fingerprint density at radius 1 is 0.762 bits per heavy atom. The van der Waals surface area contributed by atoms with E-state index in [0.29, 0.717) is 0 Å². The fraction of sp³-hybridized carbons (Fsp3) is 0.333. The van der Waals surface area contributed by atoms with Gasteiger partial charge in [0.15, 0.2) is 6.08 Å². The van der Waals surface area contributed by atoms with Crippen LogP contribution in [0.1, 0.15) is 43.7 Å². The van der Waals surface area contributed by atoms with Crippen molar-refractivity contribution in [2.24, 2.45) is 0 Å². The quantitative estimate of drug-likeness (QED) is 0.429. The van der Waals surface area contributed by atoms with E-state index in [9.17, 15) is 0 Å². The Bertz CT molecular complexity index is 456. The normalized spacial score (nSPS) is 9.52. The second-order valence-electron chi connectivity index (χ2n) is 5.20. The zero-order valence-corrected chi connectivity index (χ0v) is 13.2. The summed E-state index contributed by atoms with van der Waals surface area (Å²) in [5.74, 6) is 0. The summed E-state index contributed by atoms with van der Waals surface area (Å²) in [6.07, 6.45) is 8.96. The van der Waals surface area contributed by atoms with Gasteiger partial charge in [0.25, 0.3) is 0 Å². The molecule has 0 aliphatic carbocycles. The molecule has 0 amide bonds. The van der Waals surface area contributed by atoms with E-state index in [1.54, 1.807) is 6.08 Å². The fourth-order valence-corrected chi connectivity index (χ4v) is 2.12. The molecule has 0 bridgehead atoms. The van der Waals surface area contributed by atoms with E-state index in [1.165, 1.54) is 36.8 Å². The lowest BCUT2D eigenvalue weighted by Gasteiger charge is -1.98. The summed E-state index contributed by atoms with van der Waals surface area (Å²) < 4.78 is 0. The zero-order valence-electron chi connectivity index (χ0n) is 13.2. The summed E-state index contributed by atoms with van der Waals surface area (Å²) in [5, 5.41) is 0. The Balaban J connectivity index is 0.000000211. The summed E-state index contributed by atoms with van der Waals surface area (Å²) in [6, 6.07) is 21.1. The monoisotopic (exact) mass is 279 g/mol. The molecule has 2 aromatic rings. The van der Waals surface area contributed by atoms with Crippen molar-refractivity contribution in [3.05, 3.63) is 84.4 Å². The molecule has 0 aliphatic rings. The maximum absolute atomic E-state index is 5.25. The van der Waals surface area contributed by atoms with Gasteiger partial charge >= 0.3 is 0 Å². The Kier molecular flexibility index (Phi) is 9.70. The third-order valence-corrected chi connectivity index (χ3v) is 3.35. The first-order chi connectivity index (χ1) is 10.4. The van der Waals surface area contributed by atoms with Crippen LogP contribution in [-0.2, 0) is 12.8 Å². The first-order valence-corrected chi connectivity index (χ1v) is 7.98. The molecule has 0 atom stereocenters. The number of allylic oxidation sites excluding steroid dienone is 1. The van der Waals surface area contributed by atoms with Crippen molar-refractivity contribution < 1.29 is 0 Å². The Hall–Kier alpha value is -1.91. The van der Waals surface area contributed by atoms with Gasteiger partial charge in [-0.05, 0) is 30.4 Å². The lowest BCUT2D eigenvalue weighted by Crippen LogP contribution is -1.83. The largest absolute Gasteiger partial charge is 0.201 e. The van der Waals surface area contributed by atoms with Crippen molar-refractivity contribution in [2.75, 3.05) is 0 Å². The van der Waals surface area contributed by atoms with Gasteiger partial charge in [0.2, 0.25) is 6.58 Å². The van der Waals surface area contributed by atoms with E-state index in [4.69, 9.17) is 6.58 Å². The maximum atomic E-state index is 5.25. The fourth-order valence-electron chi connectivity index (χ4n) is 2.12. The highest BCUT2D eigenvalue weighted by Gasteiger charge is 1.89. The highest BCUT2D eigenvalue weighted by atomic mass is 13.9. The third-order valence-electron chi connectivity index (χ3n) is 3.35. The van der Waals surface area contributed by atoms with E-state index in [2.05, 4.69) is 49.4 Å². The van der Waals surface area contributed by atoms with Crippen molar-refractivity contribution in [2.45, 2.75) is 45.4 Å². The highest BCUT2D eigenvalue weighted by Crippen LogP contribution is 2.05. The van der Waals surface area contributed by atoms with Crippen LogP contribution in [0.3, 0.4) is 0 Å². The first-order valence-electron chi connectivity index (χ1n) is 7.98. The van der Waals surface area contributed by atoms with Crippen LogP contribution in [0, 0.1) is 6.58 Å². The molecule has 0 aliphatic heterocycles. The van der Waals surface area contributed by atoms with Crippen LogP contribution >= 0.6 is 0 Å². The minimum Gasteiger partial charge on any atom is -0.0654 e. The molecule has 0 heteroatoms. The second kappa shape index (κ2) is 11.9. The van der Waals surface area contributed by atoms with Gasteiger partial charge < -0.3 is 0 Å². The van der Waals surface area contributed by atoms with Gasteiger partial charge in [-0.1, -0.05) is 80.4 Å². The number of unbranched alkanes of at least 4 members (excludes halogenated alkanes) is 2. The van der Waals surface area contributed by atoms with Crippen molar-refractivity contribution in [3.63, 3.8) is 0 Å². The number of hydrogen-bond donors (Lipinski definition) is 0. The average Bonchev–Trinajstić information content (AvgIpc) is 2.56. The molecule has 0 saturated heterocycles. The van der Waals surface area contributed by atoms with Crippen molar-refractivity contribution in [3.8, 4) is 0 Å². The smallest absolute Gasteiger partial charge is 0.0654 e. The Morgan fingerprint density at radius 2 is 1.29 bits per heavy atom. The molecule has 21 heavy (non-hydrogen) atoms. The van der Waals surface area contributed by atoms with Crippen LogP contribution in [0.15, 0.2) is 66.7 Å². The highest BCUT2D eigenvalue weighted by molar-refractivity contribution is 5.15. The minimum absolute atomic E-state index is 0.962. The van der Waals surface area contributed by atoms with Gasteiger partial charge in [-0.15, -0.1) is 0 Å². The molecule has 0 saturated carbocycles. The lowest BCUT2D eigenvalue weighted by molar-refractivity contribution is 0.717. The van der Waals surface area contributed by atoms with Gasteiger partial charge in [-0.3, -0.25) is 0 Å². The first kappa shape index (κ1) is 17.1. The SMILES string of the molecule is CCCCCc1ccccc1.[CH+]=CCCc1ccccc1. The summed E-state index contributed by atoms with van der Waals surface area (Å²) in [5.41, 5.74) is 2.82. The third kappa shape index (κ3) is 8.78. The summed E-state index contributed by atoms with van der Waals surface area (Å²) in [6.45, 7) is 7.49. The zero-order chi connectivity index (χ0) is 15.2. The van der Waals surface area contributed by atoms with Gasteiger partial charge in [0, 0.05) is 6.42 Å². The second-order valence-corrected chi connectivity index (χ2v) is 5.20. The standard InChI is InChI=1S/C11H16.C10H11/c1-2-3-5-8-11-9-6-4-7-10-11;1-2-3-7-10-8-5-4-6-9-10/h4,6-7,9-10H,2-3,5,8H2,1H3;1-2,4-6,8-9H,3,7H2/q;+1. The molecule has 0 radical (unpaired) electrons. The van der Waals surface area contributed by atoms with Crippen LogP contribution < -0.4 is 0 Å². The van der Waals surface area contributed by atoms with Crippen LogP contribution in [0.4, 0.5) is 0 Å². The van der Waals surface area contributed by atoms with Crippen molar-refractivity contribution in [1.82, 2.24) is 0 Å². The molecule has 0 N–H and O–H groups in total. The number of rotatable bonds is 7. The number of benzene rings is 2. The Labute approximate surface area is 130 Å². The van der Waals surface area contributed by atoms with E-state index >= 15 is 0 Å². The summed E-state index contributed by atoms with van der Waals surface area (Å²) in [7, 11) is 0. The number of hydrogen-bond acceptors (Lipinski definition) is 0. The van der Waals surface area contributed by atoms with Gasteiger partial charge in [-0.25, -0.2) is 0 Å². The van der Waals surface area contributed by atoms with Crippen LogP contribution in [0.25, 0.3) is 0 Å². The lowest BCUT2D eigenvalue weighted by atomic mass is 10.1. The number of aryl methyl sites for hydroxylation is 2. The topological polar surface area (TPSA) is 0 Å². The predicted octanol–water partition coefficient (Wildman–Crippen LogP) is 6.03. The predicted molar refractivity (Wildman–Crippen MR) is 93.3 cm³/mol. The molecule has 0 spiro atoms. The molecule has 0 unspecified atom stereocenters. The Morgan fingerprint density at radius 3 is 1.76 bits per heavy atom. The van der Waals surface area contributed by atoms with Gasteiger partial charge in [0.1, 0.15) is 0 Å². The van der Waals surface area contributed by atoms with Crippen molar-refractivity contribution >= 4 is 0 Å². The van der Waals surface area contributed by atoms with Crippen LogP contribution in [0.5, 0.6) is 0 Å². The van der Waals surface area contributed by atoms with Crippen LogP contribution in [0.2, 0.25) is 0 Å². The van der Waals surface area contributed by atoms with Gasteiger partial charge in [-0.2, -0.15) is 0 Å².